The number of hydrogen-bond donors (Lipinski definition) is 3. The average molecular weight is 319 g/mol. The fourth-order valence-electron chi connectivity index (χ4n) is 3.04. The summed E-state index contributed by atoms with van der Waals surface area (Å²) in [6, 6.07) is 13.5. The van der Waals surface area contributed by atoms with Crippen molar-refractivity contribution in [2.24, 2.45) is 0 Å². The van der Waals surface area contributed by atoms with E-state index in [1.807, 2.05) is 36.4 Å². The van der Waals surface area contributed by atoms with Gasteiger partial charge in [0.25, 0.3) is 0 Å². The van der Waals surface area contributed by atoms with E-state index in [-0.39, 0.29) is 23.8 Å². The Balaban J connectivity index is 1.97. The predicted molar refractivity (Wildman–Crippen MR) is 87.3 cm³/mol. The highest BCUT2D eigenvalue weighted by Gasteiger charge is 2.36. The standard InChI is InChI=1S/C17H19ClN2O2/c1-10-16(11-3-5-12(18)6-4-11)17(20-19-10)14-8-7-13(22-2)9-15(14)21/h3-10,16-17,19-21H,1-2H3. The first kappa shape index (κ1) is 15.2. The van der Waals surface area contributed by atoms with Crippen molar-refractivity contribution in [3.63, 3.8) is 0 Å². The van der Waals surface area contributed by atoms with Crippen LogP contribution in [0.5, 0.6) is 11.5 Å². The van der Waals surface area contributed by atoms with Crippen LogP contribution >= 0.6 is 11.6 Å². The van der Waals surface area contributed by atoms with E-state index in [0.717, 1.165) is 10.6 Å². The lowest BCUT2D eigenvalue weighted by Crippen LogP contribution is -2.29. The van der Waals surface area contributed by atoms with Crippen molar-refractivity contribution < 1.29 is 9.84 Å². The first-order chi connectivity index (χ1) is 10.6. The molecule has 5 heteroatoms. The van der Waals surface area contributed by atoms with Crippen LogP contribution in [0.2, 0.25) is 5.02 Å². The van der Waals surface area contributed by atoms with Crippen molar-refractivity contribution in [3.8, 4) is 11.5 Å². The molecule has 0 aromatic heterocycles. The maximum atomic E-state index is 10.3. The van der Waals surface area contributed by atoms with Crippen LogP contribution in [-0.2, 0) is 0 Å². The van der Waals surface area contributed by atoms with Crippen LogP contribution in [0.15, 0.2) is 42.5 Å². The Morgan fingerprint density at radius 1 is 1.09 bits per heavy atom. The maximum Gasteiger partial charge on any atom is 0.124 e. The number of phenolic OH excluding ortho intramolecular Hbond substituents is 1. The monoisotopic (exact) mass is 318 g/mol. The number of hydrogen-bond acceptors (Lipinski definition) is 4. The molecule has 22 heavy (non-hydrogen) atoms. The van der Waals surface area contributed by atoms with Crippen molar-refractivity contribution in [2.45, 2.75) is 24.9 Å². The number of aromatic hydroxyl groups is 1. The summed E-state index contributed by atoms with van der Waals surface area (Å²) in [6.45, 7) is 2.12. The van der Waals surface area contributed by atoms with Gasteiger partial charge in [0.1, 0.15) is 11.5 Å². The van der Waals surface area contributed by atoms with Gasteiger partial charge in [-0.2, -0.15) is 0 Å². The van der Waals surface area contributed by atoms with Gasteiger partial charge in [-0.3, -0.25) is 5.43 Å². The number of benzene rings is 2. The van der Waals surface area contributed by atoms with Crippen molar-refractivity contribution in [2.75, 3.05) is 7.11 Å². The SMILES string of the molecule is COc1ccc(C2NNC(C)C2c2ccc(Cl)cc2)c(O)c1. The lowest BCUT2D eigenvalue weighted by molar-refractivity contribution is 0.403. The van der Waals surface area contributed by atoms with Crippen LogP contribution in [0.3, 0.4) is 0 Å². The zero-order chi connectivity index (χ0) is 15.7. The molecule has 1 heterocycles. The summed E-state index contributed by atoms with van der Waals surface area (Å²) in [7, 11) is 1.59. The van der Waals surface area contributed by atoms with Gasteiger partial charge in [-0.15, -0.1) is 0 Å². The topological polar surface area (TPSA) is 53.5 Å². The van der Waals surface area contributed by atoms with E-state index >= 15 is 0 Å². The molecule has 3 atom stereocenters. The van der Waals surface area contributed by atoms with E-state index in [4.69, 9.17) is 16.3 Å². The van der Waals surface area contributed by atoms with Gasteiger partial charge in [-0.05, 0) is 30.7 Å². The third-order valence-corrected chi connectivity index (χ3v) is 4.44. The Kier molecular flexibility index (Phi) is 4.25. The summed E-state index contributed by atoms with van der Waals surface area (Å²) < 4.78 is 5.15. The molecule has 0 spiro atoms. The van der Waals surface area contributed by atoms with E-state index in [0.29, 0.717) is 5.75 Å². The molecule has 1 aliphatic rings. The van der Waals surface area contributed by atoms with Crippen LogP contribution in [0, 0.1) is 0 Å². The lowest BCUT2D eigenvalue weighted by atomic mass is 9.84. The molecule has 0 amide bonds. The Morgan fingerprint density at radius 3 is 2.45 bits per heavy atom. The van der Waals surface area contributed by atoms with E-state index < -0.39 is 0 Å². The Bertz CT molecular complexity index is 660. The van der Waals surface area contributed by atoms with Gasteiger partial charge in [-0.1, -0.05) is 29.8 Å². The molecule has 3 rings (SSSR count). The lowest BCUT2D eigenvalue weighted by Gasteiger charge is -2.23. The van der Waals surface area contributed by atoms with Crippen molar-refractivity contribution in [3.05, 3.63) is 58.6 Å². The number of methoxy groups -OCH3 is 1. The quantitative estimate of drug-likeness (QED) is 0.812. The average Bonchev–Trinajstić information content (AvgIpc) is 2.89. The highest BCUT2D eigenvalue weighted by molar-refractivity contribution is 6.30. The minimum Gasteiger partial charge on any atom is -0.507 e. The molecule has 0 radical (unpaired) electrons. The van der Waals surface area contributed by atoms with Gasteiger partial charge in [0.2, 0.25) is 0 Å². The summed E-state index contributed by atoms with van der Waals surface area (Å²) >= 11 is 5.98. The molecular formula is C17H19ClN2O2. The predicted octanol–water partition coefficient (Wildman–Crippen LogP) is 3.38. The molecule has 3 N–H and O–H groups in total. The van der Waals surface area contributed by atoms with Crippen LogP contribution < -0.4 is 15.6 Å². The number of hydrazine groups is 1. The summed E-state index contributed by atoms with van der Waals surface area (Å²) in [5, 5.41) is 11.0. The fourth-order valence-corrected chi connectivity index (χ4v) is 3.17. The van der Waals surface area contributed by atoms with Gasteiger partial charge < -0.3 is 9.84 Å². The molecule has 2 aromatic rings. The van der Waals surface area contributed by atoms with Crippen LogP contribution in [0.25, 0.3) is 0 Å². The van der Waals surface area contributed by atoms with E-state index in [1.54, 1.807) is 13.2 Å². The molecule has 0 saturated carbocycles. The number of rotatable bonds is 3. The summed E-state index contributed by atoms with van der Waals surface area (Å²) in [5.74, 6) is 1.06. The normalized spacial score (nSPS) is 24.4. The molecule has 0 aliphatic carbocycles. The summed E-state index contributed by atoms with van der Waals surface area (Å²) in [5.41, 5.74) is 8.56. The first-order valence-corrected chi connectivity index (χ1v) is 7.61. The highest BCUT2D eigenvalue weighted by atomic mass is 35.5. The van der Waals surface area contributed by atoms with E-state index in [2.05, 4.69) is 17.8 Å². The maximum absolute atomic E-state index is 10.3. The fraction of sp³-hybridized carbons (Fsp3) is 0.294. The molecular weight excluding hydrogens is 300 g/mol. The van der Waals surface area contributed by atoms with Crippen molar-refractivity contribution in [1.82, 2.24) is 10.9 Å². The molecule has 2 aromatic carbocycles. The third-order valence-electron chi connectivity index (χ3n) is 4.19. The van der Waals surface area contributed by atoms with Gasteiger partial charge in [-0.25, -0.2) is 5.43 Å². The van der Waals surface area contributed by atoms with Crippen molar-refractivity contribution in [1.29, 1.82) is 0 Å². The van der Waals surface area contributed by atoms with Gasteiger partial charge >= 0.3 is 0 Å². The van der Waals surface area contributed by atoms with Crippen LogP contribution in [0.4, 0.5) is 0 Å². The molecule has 1 saturated heterocycles. The minimum absolute atomic E-state index is 0.0259. The largest absolute Gasteiger partial charge is 0.507 e. The van der Waals surface area contributed by atoms with Crippen LogP contribution in [0.1, 0.15) is 30.0 Å². The van der Waals surface area contributed by atoms with E-state index in [9.17, 15) is 5.11 Å². The van der Waals surface area contributed by atoms with Gasteiger partial charge in [0.15, 0.2) is 0 Å². The summed E-state index contributed by atoms with van der Waals surface area (Å²) in [4.78, 5) is 0. The molecule has 1 aliphatic heterocycles. The first-order valence-electron chi connectivity index (χ1n) is 7.23. The zero-order valence-corrected chi connectivity index (χ0v) is 13.3. The smallest absolute Gasteiger partial charge is 0.124 e. The minimum atomic E-state index is -0.0259. The second kappa shape index (κ2) is 6.16. The molecule has 116 valence electrons. The Labute approximate surface area is 135 Å². The van der Waals surface area contributed by atoms with Crippen LogP contribution in [-0.4, -0.2) is 18.3 Å². The van der Waals surface area contributed by atoms with Crippen molar-refractivity contribution >= 4 is 11.6 Å². The Morgan fingerprint density at radius 2 is 1.82 bits per heavy atom. The second-order valence-corrected chi connectivity index (χ2v) is 5.99. The molecule has 1 fully saturated rings. The highest BCUT2D eigenvalue weighted by Crippen LogP contribution is 2.41. The molecule has 4 nitrogen and oxygen atoms in total. The Hall–Kier alpha value is -1.75. The number of nitrogens with one attached hydrogen (secondary N) is 2. The number of phenols is 1. The summed E-state index contributed by atoms with van der Waals surface area (Å²) in [6.07, 6.45) is 0. The third kappa shape index (κ3) is 2.77. The molecule has 3 unspecified atom stereocenters. The zero-order valence-electron chi connectivity index (χ0n) is 12.5. The van der Waals surface area contributed by atoms with E-state index in [1.165, 1.54) is 5.56 Å². The number of ether oxygens (including phenoxy) is 1. The molecule has 0 bridgehead atoms. The van der Waals surface area contributed by atoms with Gasteiger partial charge in [0, 0.05) is 28.6 Å². The number of halogens is 1. The second-order valence-electron chi connectivity index (χ2n) is 5.56. The van der Waals surface area contributed by atoms with Gasteiger partial charge in [0.05, 0.1) is 13.2 Å².